The highest BCUT2D eigenvalue weighted by atomic mass is 19.1. The molecule has 7 nitrogen and oxygen atoms in total. The number of nitrogens with zero attached hydrogens (tertiary/aromatic N) is 2. The second kappa shape index (κ2) is 10.9. The number of hydrogen-bond donors (Lipinski definition) is 2. The van der Waals surface area contributed by atoms with Crippen LogP contribution in [0.2, 0.25) is 0 Å². The Kier molecular flexibility index (Phi) is 7.43. The van der Waals surface area contributed by atoms with E-state index in [0.717, 1.165) is 5.39 Å². The zero-order valence-electron chi connectivity index (χ0n) is 19.9. The molecule has 0 radical (unpaired) electrons. The van der Waals surface area contributed by atoms with Crippen molar-refractivity contribution in [3.63, 3.8) is 0 Å². The van der Waals surface area contributed by atoms with E-state index in [4.69, 9.17) is 14.6 Å². The molecule has 2 N–H and O–H groups in total. The third kappa shape index (κ3) is 5.25. The predicted molar refractivity (Wildman–Crippen MR) is 134 cm³/mol. The number of halogens is 2. The summed E-state index contributed by atoms with van der Waals surface area (Å²) in [7, 11) is 3.00. The molecule has 2 heterocycles. The first-order chi connectivity index (χ1) is 17.8. The Morgan fingerprint density at radius 3 is 2.30 bits per heavy atom. The van der Waals surface area contributed by atoms with Gasteiger partial charge in [0.15, 0.2) is 0 Å². The van der Waals surface area contributed by atoms with Crippen molar-refractivity contribution in [3.05, 3.63) is 102 Å². The summed E-state index contributed by atoms with van der Waals surface area (Å²) >= 11 is 0. The number of phenolic OH excluding ortho intramolecular Hbond substituents is 1. The Labute approximate surface area is 210 Å². The van der Waals surface area contributed by atoms with Crippen molar-refractivity contribution >= 4 is 27.5 Å². The number of phenols is 1. The van der Waals surface area contributed by atoms with Crippen LogP contribution in [-0.2, 0) is 6.42 Å². The van der Waals surface area contributed by atoms with Gasteiger partial charge < -0.3 is 19.7 Å². The maximum atomic E-state index is 13.9. The molecule has 0 aliphatic carbocycles. The Balaban J connectivity index is 0.000000173. The number of ether oxygens (including phenoxy) is 2. The molecule has 5 aromatic rings. The maximum absolute atomic E-state index is 13.9. The molecule has 0 aliphatic heterocycles. The fraction of sp³-hybridized carbons (Fsp3) is 0.107. The molecule has 9 heteroatoms. The second-order valence-electron chi connectivity index (χ2n) is 7.97. The highest BCUT2D eigenvalue weighted by Crippen LogP contribution is 2.39. The van der Waals surface area contributed by atoms with Crippen LogP contribution >= 0.6 is 0 Å². The van der Waals surface area contributed by atoms with Crippen molar-refractivity contribution in [1.29, 1.82) is 0 Å². The van der Waals surface area contributed by atoms with Gasteiger partial charge in [0.1, 0.15) is 28.9 Å². The quantitative estimate of drug-likeness (QED) is 0.294. The monoisotopic (exact) mass is 504 g/mol. The molecule has 0 aliphatic rings. The highest BCUT2D eigenvalue weighted by molar-refractivity contribution is 6.07. The van der Waals surface area contributed by atoms with Gasteiger partial charge >= 0.3 is 5.97 Å². The topological polar surface area (TPSA) is 102 Å². The number of hydrogen-bond acceptors (Lipinski definition) is 6. The Morgan fingerprint density at radius 1 is 0.865 bits per heavy atom. The number of rotatable bonds is 5. The van der Waals surface area contributed by atoms with E-state index >= 15 is 0 Å². The van der Waals surface area contributed by atoms with Crippen molar-refractivity contribution in [3.8, 4) is 17.2 Å². The van der Waals surface area contributed by atoms with Gasteiger partial charge in [0.05, 0.1) is 25.2 Å². The maximum Gasteiger partial charge on any atom is 0.337 e. The highest BCUT2D eigenvalue weighted by Gasteiger charge is 2.15. The number of carbonyl (C=O) groups is 1. The van der Waals surface area contributed by atoms with Crippen LogP contribution in [0.4, 0.5) is 8.78 Å². The third-order valence-electron chi connectivity index (χ3n) is 5.79. The van der Waals surface area contributed by atoms with Crippen LogP contribution in [0.3, 0.4) is 0 Å². The summed E-state index contributed by atoms with van der Waals surface area (Å²) in [4.78, 5) is 18.8. The van der Waals surface area contributed by atoms with Crippen molar-refractivity contribution in [1.82, 2.24) is 9.97 Å². The number of methoxy groups -OCH3 is 2. The molecule has 0 fully saturated rings. The number of aromatic nitrogens is 2. The first-order valence-corrected chi connectivity index (χ1v) is 11.0. The van der Waals surface area contributed by atoms with E-state index in [-0.39, 0.29) is 28.9 Å². The zero-order chi connectivity index (χ0) is 26.5. The van der Waals surface area contributed by atoms with E-state index in [0.29, 0.717) is 33.4 Å². The fourth-order valence-electron chi connectivity index (χ4n) is 4.02. The molecule has 188 valence electrons. The molecule has 0 unspecified atom stereocenters. The van der Waals surface area contributed by atoms with Gasteiger partial charge in [-0.25, -0.2) is 13.6 Å². The summed E-state index contributed by atoms with van der Waals surface area (Å²) in [5.74, 6) is -0.976. The van der Waals surface area contributed by atoms with Crippen LogP contribution in [0.15, 0.2) is 73.3 Å². The number of fused-ring (bicyclic) bond motifs is 2. The molecular formula is C28H22F2N2O5. The fourth-order valence-corrected chi connectivity index (χ4v) is 4.02. The molecule has 5 rings (SSSR count). The molecule has 0 bridgehead atoms. The average Bonchev–Trinajstić information content (AvgIpc) is 2.90. The molecule has 37 heavy (non-hydrogen) atoms. The van der Waals surface area contributed by atoms with Crippen molar-refractivity contribution in [2.75, 3.05) is 14.2 Å². The molecule has 0 saturated carbocycles. The molecule has 2 aromatic heterocycles. The van der Waals surface area contributed by atoms with E-state index in [1.54, 1.807) is 30.5 Å². The van der Waals surface area contributed by atoms with Gasteiger partial charge in [0.25, 0.3) is 0 Å². The Hall–Kier alpha value is -4.79. The van der Waals surface area contributed by atoms with E-state index in [9.17, 15) is 18.7 Å². The number of aromatic hydroxyl groups is 1. The smallest absolute Gasteiger partial charge is 0.337 e. The zero-order valence-corrected chi connectivity index (χ0v) is 19.9. The minimum Gasteiger partial charge on any atom is -0.506 e. The molecule has 0 amide bonds. The minimum absolute atomic E-state index is 0.105. The average molecular weight is 504 g/mol. The second-order valence-corrected chi connectivity index (χ2v) is 7.97. The summed E-state index contributed by atoms with van der Waals surface area (Å²) in [6.45, 7) is 0. The number of benzene rings is 3. The minimum atomic E-state index is -1.06. The van der Waals surface area contributed by atoms with Gasteiger partial charge in [-0.1, -0.05) is 0 Å². The molecule has 0 saturated heterocycles. The van der Waals surface area contributed by atoms with Crippen molar-refractivity contribution in [2.45, 2.75) is 6.42 Å². The van der Waals surface area contributed by atoms with Crippen LogP contribution in [-0.4, -0.2) is 40.4 Å². The van der Waals surface area contributed by atoms with Crippen LogP contribution < -0.4 is 9.47 Å². The van der Waals surface area contributed by atoms with Crippen LogP contribution in [0, 0.1) is 11.6 Å². The SMILES string of the molecule is COc1ccc(F)c2c(O)c3cnccc3cc12.COc1ccc(F)cc1Cc1ccncc1C(=O)O. The molecule has 0 spiro atoms. The largest absolute Gasteiger partial charge is 0.506 e. The summed E-state index contributed by atoms with van der Waals surface area (Å²) < 4.78 is 37.5. The van der Waals surface area contributed by atoms with Gasteiger partial charge in [0.2, 0.25) is 0 Å². The van der Waals surface area contributed by atoms with Crippen LogP contribution in [0.1, 0.15) is 21.5 Å². The molecular weight excluding hydrogens is 482 g/mol. The van der Waals surface area contributed by atoms with Gasteiger partial charge in [-0.15, -0.1) is 0 Å². The van der Waals surface area contributed by atoms with E-state index < -0.39 is 11.8 Å². The van der Waals surface area contributed by atoms with Gasteiger partial charge in [-0.3, -0.25) is 9.97 Å². The van der Waals surface area contributed by atoms with E-state index in [1.807, 2.05) is 0 Å². The van der Waals surface area contributed by atoms with E-state index in [2.05, 4.69) is 9.97 Å². The number of carboxylic acids is 1. The Bertz CT molecular complexity index is 1610. The lowest BCUT2D eigenvalue weighted by Crippen LogP contribution is -2.04. The van der Waals surface area contributed by atoms with Crippen molar-refractivity contribution < 1.29 is 33.3 Å². The van der Waals surface area contributed by atoms with Crippen LogP contribution in [0.5, 0.6) is 17.2 Å². The standard InChI is InChI=1S/C14H12FNO3.C14H10FNO2/c1-19-13-3-2-11(15)7-10(13)6-9-4-5-16-8-12(9)14(17)18;1-18-12-3-2-11(15)13-9(12)6-8-4-5-16-7-10(8)14(13)17/h2-5,7-8H,6H2,1H3,(H,17,18);2-7,17H,1H3. The summed E-state index contributed by atoms with van der Waals surface area (Å²) in [5.41, 5.74) is 1.26. The number of pyridine rings is 2. The lowest BCUT2D eigenvalue weighted by atomic mass is 10.0. The van der Waals surface area contributed by atoms with Crippen molar-refractivity contribution in [2.24, 2.45) is 0 Å². The summed E-state index contributed by atoms with van der Waals surface area (Å²) in [5, 5.41) is 21.3. The predicted octanol–water partition coefficient (Wildman–Crippen LogP) is 5.76. The normalized spacial score (nSPS) is 10.6. The first-order valence-electron chi connectivity index (χ1n) is 11.0. The summed E-state index contributed by atoms with van der Waals surface area (Å²) in [6, 6.07) is 12.1. The third-order valence-corrected chi connectivity index (χ3v) is 5.79. The lowest BCUT2D eigenvalue weighted by Gasteiger charge is -2.10. The summed E-state index contributed by atoms with van der Waals surface area (Å²) in [6.07, 6.45) is 6.20. The first kappa shape index (κ1) is 25.3. The van der Waals surface area contributed by atoms with Crippen LogP contribution in [0.25, 0.3) is 21.5 Å². The van der Waals surface area contributed by atoms with Gasteiger partial charge in [-0.05, 0) is 59.5 Å². The van der Waals surface area contributed by atoms with Gasteiger partial charge in [0, 0.05) is 47.5 Å². The van der Waals surface area contributed by atoms with E-state index in [1.165, 1.54) is 57.1 Å². The molecule has 3 aromatic carbocycles. The number of carboxylic acid groups (broad SMARTS) is 1. The van der Waals surface area contributed by atoms with Gasteiger partial charge in [-0.2, -0.15) is 0 Å². The molecule has 0 atom stereocenters. The number of aromatic carboxylic acids is 1. The lowest BCUT2D eigenvalue weighted by molar-refractivity contribution is 0.0695. The Morgan fingerprint density at radius 2 is 1.57 bits per heavy atom.